The first-order valence-electron chi connectivity index (χ1n) is 10.8. The van der Waals surface area contributed by atoms with Gasteiger partial charge in [0.2, 0.25) is 0 Å². The molecule has 9 nitrogen and oxygen atoms in total. The average molecular weight is 491 g/mol. The van der Waals surface area contributed by atoms with Crippen LogP contribution in [0.4, 0.5) is 18.9 Å². The van der Waals surface area contributed by atoms with Crippen molar-refractivity contribution in [1.29, 1.82) is 0 Å². The number of anilines is 1. The third kappa shape index (κ3) is 6.35. The number of halogens is 3. The maximum atomic E-state index is 12.6. The van der Waals surface area contributed by atoms with Gasteiger partial charge in [-0.05, 0) is 43.2 Å². The number of carbonyl (C=O) groups excluding carboxylic acids is 3. The summed E-state index contributed by atoms with van der Waals surface area (Å²) in [6.45, 7) is 1.04. The molecule has 2 atom stereocenters. The normalized spacial score (nSPS) is 17.8. The number of hydrogen-bond acceptors (Lipinski definition) is 5. The zero-order chi connectivity index (χ0) is 25.8. The number of fused-ring (bicyclic) bond motifs is 1. The number of alkyl halides is 3. The second kappa shape index (κ2) is 10.6. The number of hydrogen-bond donors (Lipinski definition) is 3. The van der Waals surface area contributed by atoms with Gasteiger partial charge in [0, 0.05) is 23.7 Å². The van der Waals surface area contributed by atoms with Crippen molar-refractivity contribution < 1.29 is 37.6 Å². The van der Waals surface area contributed by atoms with Crippen molar-refractivity contribution in [2.75, 3.05) is 18.9 Å². The molecular formula is C23H24F3N5O4. The number of aromatic nitrogens is 2. The molecule has 0 radical (unpaired) electrons. The van der Waals surface area contributed by atoms with E-state index in [4.69, 9.17) is 15.6 Å². The fraction of sp³-hybridized carbons (Fsp3) is 0.304. The summed E-state index contributed by atoms with van der Waals surface area (Å²) < 4.78 is 33.3. The fourth-order valence-electron chi connectivity index (χ4n) is 3.83. The van der Waals surface area contributed by atoms with Gasteiger partial charge in [0.15, 0.2) is 6.04 Å². The molecule has 12 heteroatoms. The second-order valence-electron chi connectivity index (χ2n) is 8.15. The van der Waals surface area contributed by atoms with E-state index in [9.17, 15) is 22.8 Å². The standard InChI is InChI=1S/C21H23N5O2.C2HF3O2/c1-25-12-3-2-7-18(25)21(28)23-15-8-10-16(11-9-15)26-13-14-5-4-6-17(20(22)27)19(14)24-26;3-2(4,5)1(6)7/h4-6,8-11,13,18H,2-3,7,12H2,1H3,(H2,22,27)(H,23,28);(H,6,7). The Bertz CT molecular complexity index is 1220. The first-order chi connectivity index (χ1) is 16.5. The van der Waals surface area contributed by atoms with E-state index in [0.717, 1.165) is 36.1 Å². The molecule has 0 aliphatic carbocycles. The number of carboxylic acid groups (broad SMARTS) is 1. The molecule has 1 aromatic heterocycles. The molecule has 0 spiro atoms. The van der Waals surface area contributed by atoms with Gasteiger partial charge in [0.25, 0.3) is 11.8 Å². The number of likely N-dealkylation sites (tertiary alicyclic amines) is 1. The highest BCUT2D eigenvalue weighted by atomic mass is 19.4. The van der Waals surface area contributed by atoms with Crippen LogP contribution in [0.1, 0.15) is 29.6 Å². The summed E-state index contributed by atoms with van der Waals surface area (Å²) >= 11 is 0. The van der Waals surface area contributed by atoms with Crippen molar-refractivity contribution in [3.63, 3.8) is 0 Å². The molecule has 1 saturated heterocycles. The number of aliphatic carboxylic acids is 1. The van der Waals surface area contributed by atoms with Crippen LogP contribution in [-0.2, 0) is 9.59 Å². The summed E-state index contributed by atoms with van der Waals surface area (Å²) in [5, 5.41) is 17.2. The largest absolute Gasteiger partial charge is 0.542 e. The Morgan fingerprint density at radius 1 is 1.14 bits per heavy atom. The molecule has 0 saturated carbocycles. The van der Waals surface area contributed by atoms with E-state index >= 15 is 0 Å². The number of piperidine rings is 1. The molecule has 2 heterocycles. The van der Waals surface area contributed by atoms with Gasteiger partial charge in [-0.2, -0.15) is 18.3 Å². The average Bonchev–Trinajstić information content (AvgIpc) is 3.24. The predicted octanol–water partition coefficient (Wildman–Crippen LogP) is 0.429. The number of nitrogens with one attached hydrogen (secondary N) is 2. The number of amides is 2. The van der Waals surface area contributed by atoms with Gasteiger partial charge >= 0.3 is 6.18 Å². The number of carboxylic acids is 1. The summed E-state index contributed by atoms with van der Waals surface area (Å²) in [7, 11) is 2.08. The molecule has 2 amide bonds. The van der Waals surface area contributed by atoms with Gasteiger partial charge in [-0.1, -0.05) is 12.1 Å². The second-order valence-corrected chi connectivity index (χ2v) is 8.15. The number of quaternary nitrogens is 1. The molecule has 186 valence electrons. The zero-order valence-corrected chi connectivity index (χ0v) is 18.8. The smallest absolute Gasteiger partial charge is 0.430 e. The molecular weight excluding hydrogens is 467 g/mol. The maximum Gasteiger partial charge on any atom is 0.430 e. The lowest BCUT2D eigenvalue weighted by Gasteiger charge is -2.28. The minimum absolute atomic E-state index is 0.0112. The van der Waals surface area contributed by atoms with E-state index in [1.807, 2.05) is 36.5 Å². The van der Waals surface area contributed by atoms with Crippen LogP contribution in [-0.4, -0.2) is 53.4 Å². The molecule has 1 aliphatic rings. The minimum atomic E-state index is -5.19. The number of primary amides is 1. The van der Waals surface area contributed by atoms with Gasteiger partial charge in [0.1, 0.15) is 11.5 Å². The molecule has 1 aliphatic heterocycles. The Balaban J connectivity index is 0.000000429. The molecule has 0 bridgehead atoms. The van der Waals surface area contributed by atoms with E-state index in [1.165, 1.54) is 11.3 Å². The molecule has 35 heavy (non-hydrogen) atoms. The van der Waals surface area contributed by atoms with Gasteiger partial charge < -0.3 is 25.9 Å². The molecule has 2 unspecified atom stereocenters. The van der Waals surface area contributed by atoms with Crippen molar-refractivity contribution >= 4 is 34.4 Å². The number of carbonyl (C=O) groups is 3. The van der Waals surface area contributed by atoms with Crippen LogP contribution in [0.2, 0.25) is 0 Å². The molecule has 3 aromatic rings. The Labute approximate surface area is 198 Å². The van der Waals surface area contributed by atoms with Crippen molar-refractivity contribution in [3.8, 4) is 5.69 Å². The lowest BCUT2D eigenvalue weighted by atomic mass is 10.0. The van der Waals surface area contributed by atoms with E-state index < -0.39 is 18.1 Å². The lowest BCUT2D eigenvalue weighted by molar-refractivity contribution is -0.901. The summed E-state index contributed by atoms with van der Waals surface area (Å²) in [5.74, 6) is -3.43. The Morgan fingerprint density at radius 3 is 2.37 bits per heavy atom. The van der Waals surface area contributed by atoms with E-state index in [-0.39, 0.29) is 11.9 Å². The van der Waals surface area contributed by atoms with E-state index in [0.29, 0.717) is 11.1 Å². The first kappa shape index (κ1) is 25.7. The van der Waals surface area contributed by atoms with Crippen LogP contribution in [0.15, 0.2) is 48.7 Å². The third-order valence-electron chi connectivity index (χ3n) is 5.66. The highest BCUT2D eigenvalue weighted by molar-refractivity contribution is 6.04. The van der Waals surface area contributed by atoms with Crippen LogP contribution in [0, 0.1) is 0 Å². The molecule has 1 fully saturated rings. The SMILES string of the molecule is C[NH+]1CCCCC1C(=O)Nc1ccc(-n2cc3cccc(C(N)=O)c3n2)cc1.O=C([O-])C(F)(F)F. The molecule has 4 N–H and O–H groups in total. The summed E-state index contributed by atoms with van der Waals surface area (Å²) in [5.41, 5.74) is 8.02. The summed E-state index contributed by atoms with van der Waals surface area (Å²) in [4.78, 5) is 34.2. The third-order valence-corrected chi connectivity index (χ3v) is 5.66. The van der Waals surface area contributed by atoms with Crippen LogP contribution >= 0.6 is 0 Å². The first-order valence-corrected chi connectivity index (χ1v) is 10.8. The van der Waals surface area contributed by atoms with Crippen LogP contribution in [0.3, 0.4) is 0 Å². The minimum Gasteiger partial charge on any atom is -0.542 e. The van der Waals surface area contributed by atoms with E-state index in [1.54, 1.807) is 16.8 Å². The van der Waals surface area contributed by atoms with Crippen molar-refractivity contribution in [2.45, 2.75) is 31.5 Å². The maximum absolute atomic E-state index is 12.6. The van der Waals surface area contributed by atoms with E-state index in [2.05, 4.69) is 17.5 Å². The van der Waals surface area contributed by atoms with Crippen molar-refractivity contribution in [2.24, 2.45) is 5.73 Å². The van der Waals surface area contributed by atoms with Crippen LogP contribution in [0.25, 0.3) is 16.6 Å². The predicted molar refractivity (Wildman–Crippen MR) is 119 cm³/mol. The summed E-state index contributed by atoms with van der Waals surface area (Å²) in [6.07, 6.45) is -0.123. The van der Waals surface area contributed by atoms with Crippen LogP contribution in [0.5, 0.6) is 0 Å². The highest BCUT2D eigenvalue weighted by Gasteiger charge is 2.30. The lowest BCUT2D eigenvalue weighted by Crippen LogP contribution is -3.15. The Morgan fingerprint density at radius 2 is 1.80 bits per heavy atom. The van der Waals surface area contributed by atoms with Gasteiger partial charge in [0.05, 0.1) is 24.8 Å². The van der Waals surface area contributed by atoms with Crippen molar-refractivity contribution in [1.82, 2.24) is 9.78 Å². The van der Waals surface area contributed by atoms with Gasteiger partial charge in [-0.15, -0.1) is 0 Å². The monoisotopic (exact) mass is 491 g/mol. The van der Waals surface area contributed by atoms with Gasteiger partial charge in [-0.3, -0.25) is 9.59 Å². The van der Waals surface area contributed by atoms with Crippen LogP contribution < -0.4 is 21.1 Å². The van der Waals surface area contributed by atoms with Gasteiger partial charge in [-0.25, -0.2) is 4.68 Å². The highest BCUT2D eigenvalue weighted by Crippen LogP contribution is 2.20. The Hall–Kier alpha value is -3.93. The quantitative estimate of drug-likeness (QED) is 0.487. The number of nitrogens with two attached hydrogens (primary N) is 1. The topological polar surface area (TPSA) is 135 Å². The number of likely N-dealkylation sites (N-methyl/N-ethyl adjacent to an activating group) is 1. The molecule has 4 rings (SSSR count). The summed E-state index contributed by atoms with van der Waals surface area (Å²) in [6, 6.07) is 12.9. The zero-order valence-electron chi connectivity index (χ0n) is 18.8. The Kier molecular flexibility index (Phi) is 7.75. The number of benzene rings is 2. The fourth-order valence-corrected chi connectivity index (χ4v) is 3.83. The molecule has 2 aromatic carbocycles. The number of rotatable bonds is 4. The van der Waals surface area contributed by atoms with Crippen molar-refractivity contribution in [3.05, 3.63) is 54.2 Å². The number of nitrogens with zero attached hydrogens (tertiary/aromatic N) is 2.